The predicted molar refractivity (Wildman–Crippen MR) is 80.2 cm³/mol. The van der Waals surface area contributed by atoms with Gasteiger partial charge in [0.25, 0.3) is 5.91 Å². The molecule has 3 rings (SSSR count). The van der Waals surface area contributed by atoms with Gasteiger partial charge in [-0.3, -0.25) is 4.79 Å². The van der Waals surface area contributed by atoms with Gasteiger partial charge in [-0.1, -0.05) is 19.0 Å². The molecule has 5 nitrogen and oxygen atoms in total. The van der Waals surface area contributed by atoms with E-state index in [0.29, 0.717) is 23.4 Å². The zero-order chi connectivity index (χ0) is 15.0. The van der Waals surface area contributed by atoms with Gasteiger partial charge in [0.15, 0.2) is 5.69 Å². The fraction of sp³-hybridized carbons (Fsp3) is 0.750. The topological polar surface area (TPSA) is 58.4 Å². The fourth-order valence-electron chi connectivity index (χ4n) is 3.29. The van der Waals surface area contributed by atoms with Gasteiger partial charge in [-0.15, -0.1) is 0 Å². The summed E-state index contributed by atoms with van der Waals surface area (Å²) in [6.07, 6.45) is 3.45. The molecule has 1 aliphatic heterocycles. The third-order valence-corrected chi connectivity index (χ3v) is 4.45. The van der Waals surface area contributed by atoms with Crippen LogP contribution in [0.5, 0.6) is 0 Å². The Morgan fingerprint density at radius 2 is 2.24 bits per heavy atom. The number of carbonyl (C=O) groups is 1. The molecule has 2 atom stereocenters. The number of nitrogens with one attached hydrogen (secondary N) is 1. The molecule has 0 bridgehead atoms. The van der Waals surface area contributed by atoms with Gasteiger partial charge in [-0.05, 0) is 38.1 Å². The van der Waals surface area contributed by atoms with Crippen LogP contribution in [-0.4, -0.2) is 42.1 Å². The van der Waals surface area contributed by atoms with Crippen LogP contribution in [0.15, 0.2) is 10.6 Å². The summed E-state index contributed by atoms with van der Waals surface area (Å²) >= 11 is 0. The Kier molecular flexibility index (Phi) is 4.02. The average Bonchev–Trinajstić information content (AvgIpc) is 3.04. The summed E-state index contributed by atoms with van der Waals surface area (Å²) < 4.78 is 5.27. The number of likely N-dealkylation sites (tertiary alicyclic amines) is 1. The van der Waals surface area contributed by atoms with E-state index in [1.54, 1.807) is 0 Å². The van der Waals surface area contributed by atoms with Crippen LogP contribution >= 0.6 is 0 Å². The molecule has 2 heterocycles. The Hall–Kier alpha value is -1.36. The molecule has 1 aliphatic carbocycles. The number of nitrogens with zero attached hydrogens (tertiary/aromatic N) is 2. The van der Waals surface area contributed by atoms with E-state index in [1.165, 1.54) is 0 Å². The number of aromatic nitrogens is 1. The van der Waals surface area contributed by atoms with Crippen molar-refractivity contribution >= 4 is 5.91 Å². The van der Waals surface area contributed by atoms with Crippen LogP contribution in [0, 0.1) is 11.8 Å². The van der Waals surface area contributed by atoms with Gasteiger partial charge in [-0.2, -0.15) is 0 Å². The summed E-state index contributed by atoms with van der Waals surface area (Å²) in [6.45, 7) is 6.43. The van der Waals surface area contributed by atoms with E-state index in [2.05, 4.69) is 36.3 Å². The molecule has 21 heavy (non-hydrogen) atoms. The average molecular weight is 291 g/mol. The van der Waals surface area contributed by atoms with Gasteiger partial charge in [-0.25, -0.2) is 0 Å². The van der Waals surface area contributed by atoms with Crippen molar-refractivity contribution in [3.05, 3.63) is 17.5 Å². The molecular weight excluding hydrogens is 266 g/mol. The van der Waals surface area contributed by atoms with Crippen molar-refractivity contribution in [3.8, 4) is 0 Å². The first-order valence-electron chi connectivity index (χ1n) is 7.99. The number of hydrogen-bond acceptors (Lipinski definition) is 4. The SMILES string of the molecule is CC(C)C[C@@H]1CN(C)C[C@H]1NC(=O)c1cc(C2CC2)on1. The standard InChI is InChI=1S/C16H25N3O2/c1-10(2)6-12-8-19(3)9-14(12)17-16(20)13-7-15(21-18-13)11-4-5-11/h7,10-12,14H,4-6,8-9H2,1-3H3,(H,17,20)/t12-,14-/m1/s1. The molecule has 1 saturated carbocycles. The van der Waals surface area contributed by atoms with Crippen LogP contribution in [0.4, 0.5) is 0 Å². The summed E-state index contributed by atoms with van der Waals surface area (Å²) in [5, 5.41) is 7.07. The van der Waals surface area contributed by atoms with Gasteiger partial charge >= 0.3 is 0 Å². The first kappa shape index (κ1) is 14.6. The lowest BCUT2D eigenvalue weighted by atomic mass is 9.93. The number of amides is 1. The molecule has 1 N–H and O–H groups in total. The Morgan fingerprint density at radius 3 is 2.90 bits per heavy atom. The Labute approximate surface area is 126 Å². The second kappa shape index (κ2) is 5.79. The summed E-state index contributed by atoms with van der Waals surface area (Å²) in [5.41, 5.74) is 0.426. The van der Waals surface area contributed by atoms with Crippen LogP contribution in [0.1, 0.15) is 55.3 Å². The van der Waals surface area contributed by atoms with Crippen LogP contribution in [0.25, 0.3) is 0 Å². The largest absolute Gasteiger partial charge is 0.360 e. The smallest absolute Gasteiger partial charge is 0.273 e. The second-order valence-corrected chi connectivity index (χ2v) is 7.08. The maximum absolute atomic E-state index is 12.3. The van der Waals surface area contributed by atoms with E-state index in [4.69, 9.17) is 4.52 Å². The van der Waals surface area contributed by atoms with E-state index in [-0.39, 0.29) is 11.9 Å². The van der Waals surface area contributed by atoms with Gasteiger partial charge in [0.1, 0.15) is 5.76 Å². The molecule has 0 spiro atoms. The predicted octanol–water partition coefficient (Wildman–Crippen LogP) is 2.26. The number of carbonyl (C=O) groups excluding carboxylic acids is 1. The highest BCUT2D eigenvalue weighted by molar-refractivity contribution is 5.92. The molecule has 0 unspecified atom stereocenters. The third kappa shape index (κ3) is 3.46. The van der Waals surface area contributed by atoms with Crippen LogP contribution in [-0.2, 0) is 0 Å². The molecule has 1 amide bonds. The molecule has 2 aliphatic rings. The van der Waals surface area contributed by atoms with E-state index in [1.807, 2.05) is 6.07 Å². The van der Waals surface area contributed by atoms with Crippen molar-refractivity contribution in [2.75, 3.05) is 20.1 Å². The van der Waals surface area contributed by atoms with Crippen LogP contribution in [0.3, 0.4) is 0 Å². The highest BCUT2D eigenvalue weighted by atomic mass is 16.5. The van der Waals surface area contributed by atoms with Gasteiger partial charge in [0, 0.05) is 31.1 Å². The molecule has 1 saturated heterocycles. The van der Waals surface area contributed by atoms with Crippen molar-refractivity contribution < 1.29 is 9.32 Å². The maximum atomic E-state index is 12.3. The Morgan fingerprint density at radius 1 is 1.48 bits per heavy atom. The van der Waals surface area contributed by atoms with Crippen molar-refractivity contribution in [2.24, 2.45) is 11.8 Å². The molecule has 5 heteroatoms. The van der Waals surface area contributed by atoms with E-state index in [9.17, 15) is 4.79 Å². The number of hydrogen-bond donors (Lipinski definition) is 1. The van der Waals surface area contributed by atoms with Crippen molar-refractivity contribution in [2.45, 2.75) is 45.1 Å². The van der Waals surface area contributed by atoms with Crippen LogP contribution < -0.4 is 5.32 Å². The normalized spacial score (nSPS) is 26.5. The lowest BCUT2D eigenvalue weighted by Gasteiger charge is -2.20. The van der Waals surface area contributed by atoms with Crippen molar-refractivity contribution in [1.29, 1.82) is 0 Å². The van der Waals surface area contributed by atoms with Crippen molar-refractivity contribution in [1.82, 2.24) is 15.4 Å². The highest BCUT2D eigenvalue weighted by Gasteiger charge is 2.34. The molecule has 116 valence electrons. The summed E-state index contributed by atoms with van der Waals surface area (Å²) in [4.78, 5) is 14.6. The first-order valence-corrected chi connectivity index (χ1v) is 7.99. The molecular formula is C16H25N3O2. The summed E-state index contributed by atoms with van der Waals surface area (Å²) in [5.74, 6) is 2.43. The number of likely N-dealkylation sites (N-methyl/N-ethyl adjacent to an activating group) is 1. The van der Waals surface area contributed by atoms with E-state index >= 15 is 0 Å². The maximum Gasteiger partial charge on any atom is 0.273 e. The fourth-order valence-corrected chi connectivity index (χ4v) is 3.29. The van der Waals surface area contributed by atoms with Crippen molar-refractivity contribution in [3.63, 3.8) is 0 Å². The van der Waals surface area contributed by atoms with Gasteiger partial charge < -0.3 is 14.7 Å². The lowest BCUT2D eigenvalue weighted by molar-refractivity contribution is 0.0918. The quantitative estimate of drug-likeness (QED) is 0.904. The number of rotatable bonds is 5. The Bertz CT molecular complexity index is 507. The van der Waals surface area contributed by atoms with E-state index < -0.39 is 0 Å². The zero-order valence-electron chi connectivity index (χ0n) is 13.1. The Balaban J connectivity index is 1.61. The molecule has 2 fully saturated rings. The first-order chi connectivity index (χ1) is 10.0. The second-order valence-electron chi connectivity index (χ2n) is 7.08. The van der Waals surface area contributed by atoms with E-state index in [0.717, 1.165) is 38.1 Å². The minimum Gasteiger partial charge on any atom is -0.360 e. The molecule has 0 radical (unpaired) electrons. The summed E-state index contributed by atoms with van der Waals surface area (Å²) in [6, 6.07) is 2.02. The molecule has 1 aromatic heterocycles. The molecule has 0 aromatic carbocycles. The zero-order valence-corrected chi connectivity index (χ0v) is 13.1. The third-order valence-electron chi connectivity index (χ3n) is 4.45. The minimum absolute atomic E-state index is 0.0975. The highest BCUT2D eigenvalue weighted by Crippen LogP contribution is 2.40. The molecule has 1 aromatic rings. The lowest BCUT2D eigenvalue weighted by Crippen LogP contribution is -2.40. The van der Waals surface area contributed by atoms with Gasteiger partial charge in [0.05, 0.1) is 0 Å². The monoisotopic (exact) mass is 291 g/mol. The summed E-state index contributed by atoms with van der Waals surface area (Å²) in [7, 11) is 2.11. The van der Waals surface area contributed by atoms with Gasteiger partial charge in [0.2, 0.25) is 0 Å². The minimum atomic E-state index is -0.0975. The van der Waals surface area contributed by atoms with Crippen LogP contribution in [0.2, 0.25) is 0 Å².